The molecule has 112 valence electrons. The highest BCUT2D eigenvalue weighted by Crippen LogP contribution is 2.22. The summed E-state index contributed by atoms with van der Waals surface area (Å²) in [4.78, 5) is 11.3. The smallest absolute Gasteiger partial charge is 0.411 e. The summed E-state index contributed by atoms with van der Waals surface area (Å²) in [6.45, 7) is -1.86. The summed E-state index contributed by atoms with van der Waals surface area (Å²) in [5.41, 5.74) is 0. The normalized spacial score (nSPS) is 11.2. The number of benzene rings is 1. The number of hydrogen-bond donors (Lipinski definition) is 1. The van der Waals surface area contributed by atoms with Crippen LogP contribution in [0.5, 0.6) is 5.75 Å². The van der Waals surface area contributed by atoms with Crippen LogP contribution >= 0.6 is 11.6 Å². The largest absolute Gasteiger partial charge is 0.482 e. The third kappa shape index (κ3) is 7.20. The van der Waals surface area contributed by atoms with Gasteiger partial charge in [0.15, 0.2) is 6.61 Å². The Morgan fingerprint density at radius 1 is 1.30 bits per heavy atom. The van der Waals surface area contributed by atoms with E-state index in [-0.39, 0.29) is 19.8 Å². The molecule has 0 saturated carbocycles. The number of nitrogens with one attached hydrogen (secondary N) is 1. The van der Waals surface area contributed by atoms with Gasteiger partial charge in [0, 0.05) is 6.54 Å². The molecule has 0 fully saturated rings. The minimum absolute atomic E-state index is 0.0270. The summed E-state index contributed by atoms with van der Waals surface area (Å²) in [6.07, 6.45) is -4.36. The molecule has 1 aromatic carbocycles. The number of amides is 1. The number of halogens is 4. The lowest BCUT2D eigenvalue weighted by Gasteiger charge is -2.09. The van der Waals surface area contributed by atoms with Gasteiger partial charge in [-0.05, 0) is 12.1 Å². The van der Waals surface area contributed by atoms with Crippen molar-refractivity contribution in [2.75, 3.05) is 26.4 Å². The van der Waals surface area contributed by atoms with Crippen molar-refractivity contribution in [2.45, 2.75) is 6.18 Å². The zero-order valence-electron chi connectivity index (χ0n) is 10.4. The van der Waals surface area contributed by atoms with Crippen LogP contribution in [-0.4, -0.2) is 38.4 Å². The third-order valence-electron chi connectivity index (χ3n) is 2.03. The van der Waals surface area contributed by atoms with Gasteiger partial charge in [0.25, 0.3) is 5.91 Å². The van der Waals surface area contributed by atoms with Crippen LogP contribution in [0.2, 0.25) is 5.02 Å². The molecule has 4 nitrogen and oxygen atoms in total. The molecule has 0 heterocycles. The van der Waals surface area contributed by atoms with Gasteiger partial charge in [-0.2, -0.15) is 13.2 Å². The average molecular weight is 312 g/mol. The Balaban J connectivity index is 2.14. The molecule has 0 atom stereocenters. The van der Waals surface area contributed by atoms with Crippen LogP contribution in [0.15, 0.2) is 24.3 Å². The number of alkyl halides is 3. The van der Waals surface area contributed by atoms with Crippen LogP contribution in [0.25, 0.3) is 0 Å². The van der Waals surface area contributed by atoms with E-state index in [4.69, 9.17) is 16.3 Å². The fraction of sp³-hybridized carbons (Fsp3) is 0.417. The van der Waals surface area contributed by atoms with E-state index in [1.165, 1.54) is 0 Å². The van der Waals surface area contributed by atoms with Crippen molar-refractivity contribution in [3.8, 4) is 5.75 Å². The summed E-state index contributed by atoms with van der Waals surface area (Å²) in [6, 6.07) is 6.62. The molecule has 0 saturated heterocycles. The fourth-order valence-electron chi connectivity index (χ4n) is 1.21. The molecule has 1 rings (SSSR count). The van der Waals surface area contributed by atoms with E-state index in [0.717, 1.165) is 0 Å². The molecule has 0 unspecified atom stereocenters. The Kier molecular flexibility index (Phi) is 6.60. The van der Waals surface area contributed by atoms with Gasteiger partial charge in [0.1, 0.15) is 12.4 Å². The van der Waals surface area contributed by atoms with Gasteiger partial charge in [-0.25, -0.2) is 0 Å². The van der Waals surface area contributed by atoms with Crippen LogP contribution in [0.3, 0.4) is 0 Å². The van der Waals surface area contributed by atoms with Crippen LogP contribution in [0.1, 0.15) is 0 Å². The van der Waals surface area contributed by atoms with Crippen LogP contribution in [0, 0.1) is 0 Å². The summed E-state index contributed by atoms with van der Waals surface area (Å²) in [5, 5.41) is 2.73. The number of ether oxygens (including phenoxy) is 2. The second kappa shape index (κ2) is 7.96. The van der Waals surface area contributed by atoms with Crippen LogP contribution in [-0.2, 0) is 9.53 Å². The quantitative estimate of drug-likeness (QED) is 0.787. The van der Waals surface area contributed by atoms with Gasteiger partial charge >= 0.3 is 6.18 Å². The van der Waals surface area contributed by atoms with Crippen molar-refractivity contribution in [3.63, 3.8) is 0 Å². The number of carbonyl (C=O) groups is 1. The van der Waals surface area contributed by atoms with Crippen molar-refractivity contribution in [1.82, 2.24) is 5.32 Å². The first kappa shape index (κ1) is 16.6. The standard InChI is InChI=1S/C12H13ClF3NO3/c13-9-3-1-2-4-10(9)20-7-11(18)17-5-6-19-8-12(14,15)16/h1-4H,5-8H2,(H,17,18). The lowest BCUT2D eigenvalue weighted by molar-refractivity contribution is -0.173. The summed E-state index contributed by atoms with van der Waals surface area (Å²) in [5.74, 6) is -0.113. The zero-order valence-corrected chi connectivity index (χ0v) is 11.1. The average Bonchev–Trinajstić information content (AvgIpc) is 2.36. The predicted octanol–water partition coefficient (Wildman–Crippen LogP) is 2.41. The van der Waals surface area contributed by atoms with E-state index in [0.29, 0.717) is 10.8 Å². The molecular formula is C12H13ClF3NO3. The van der Waals surface area contributed by atoms with E-state index in [2.05, 4.69) is 10.1 Å². The van der Waals surface area contributed by atoms with Gasteiger partial charge in [-0.1, -0.05) is 23.7 Å². The molecule has 1 N–H and O–H groups in total. The Hall–Kier alpha value is -1.47. The molecular weight excluding hydrogens is 299 g/mol. The highest BCUT2D eigenvalue weighted by atomic mass is 35.5. The third-order valence-corrected chi connectivity index (χ3v) is 2.34. The Labute approximate surface area is 118 Å². The van der Waals surface area contributed by atoms with Gasteiger partial charge in [-0.15, -0.1) is 0 Å². The van der Waals surface area contributed by atoms with Crippen molar-refractivity contribution in [2.24, 2.45) is 0 Å². The number of hydrogen-bond acceptors (Lipinski definition) is 3. The first-order valence-corrected chi connectivity index (χ1v) is 6.05. The predicted molar refractivity (Wildman–Crippen MR) is 66.8 cm³/mol. The number of rotatable bonds is 7. The molecule has 0 spiro atoms. The molecule has 0 aromatic heterocycles. The van der Waals surface area contributed by atoms with E-state index >= 15 is 0 Å². The monoisotopic (exact) mass is 311 g/mol. The van der Waals surface area contributed by atoms with E-state index in [9.17, 15) is 18.0 Å². The van der Waals surface area contributed by atoms with Gasteiger partial charge in [0.05, 0.1) is 11.6 Å². The van der Waals surface area contributed by atoms with E-state index in [1.807, 2.05) is 0 Å². The van der Waals surface area contributed by atoms with Crippen molar-refractivity contribution >= 4 is 17.5 Å². The molecule has 8 heteroatoms. The maximum Gasteiger partial charge on any atom is 0.411 e. The second-order valence-corrected chi connectivity index (χ2v) is 4.14. The first-order valence-electron chi connectivity index (χ1n) is 5.67. The molecule has 0 aliphatic rings. The molecule has 1 amide bonds. The first-order chi connectivity index (χ1) is 9.38. The van der Waals surface area contributed by atoms with Crippen molar-refractivity contribution < 1.29 is 27.4 Å². The highest BCUT2D eigenvalue weighted by Gasteiger charge is 2.27. The molecule has 0 radical (unpaired) electrons. The SMILES string of the molecule is O=C(COc1ccccc1Cl)NCCOCC(F)(F)F. The molecule has 0 aliphatic heterocycles. The minimum atomic E-state index is -4.36. The lowest BCUT2D eigenvalue weighted by Crippen LogP contribution is -2.32. The summed E-state index contributed by atoms with van der Waals surface area (Å²) < 4.78 is 44.7. The summed E-state index contributed by atoms with van der Waals surface area (Å²) in [7, 11) is 0. The summed E-state index contributed by atoms with van der Waals surface area (Å²) >= 11 is 5.81. The second-order valence-electron chi connectivity index (χ2n) is 3.74. The fourth-order valence-corrected chi connectivity index (χ4v) is 1.40. The van der Waals surface area contributed by atoms with E-state index in [1.54, 1.807) is 24.3 Å². The Morgan fingerprint density at radius 3 is 2.65 bits per heavy atom. The number of para-hydroxylation sites is 1. The highest BCUT2D eigenvalue weighted by molar-refractivity contribution is 6.32. The van der Waals surface area contributed by atoms with Gasteiger partial charge < -0.3 is 14.8 Å². The molecule has 0 aliphatic carbocycles. The zero-order chi connectivity index (χ0) is 15.0. The van der Waals surface area contributed by atoms with Gasteiger partial charge in [-0.3, -0.25) is 4.79 Å². The minimum Gasteiger partial charge on any atom is -0.482 e. The molecule has 20 heavy (non-hydrogen) atoms. The Bertz CT molecular complexity index is 440. The van der Waals surface area contributed by atoms with E-state index < -0.39 is 18.7 Å². The van der Waals surface area contributed by atoms with Crippen LogP contribution in [0.4, 0.5) is 13.2 Å². The Morgan fingerprint density at radius 2 is 2.00 bits per heavy atom. The molecule has 1 aromatic rings. The topological polar surface area (TPSA) is 47.6 Å². The molecule has 0 bridgehead atoms. The van der Waals surface area contributed by atoms with Crippen molar-refractivity contribution in [1.29, 1.82) is 0 Å². The van der Waals surface area contributed by atoms with Gasteiger partial charge in [0.2, 0.25) is 0 Å². The van der Waals surface area contributed by atoms with Crippen molar-refractivity contribution in [3.05, 3.63) is 29.3 Å². The lowest BCUT2D eigenvalue weighted by atomic mass is 10.3. The maximum absolute atomic E-state index is 11.7. The van der Waals surface area contributed by atoms with Crippen LogP contribution < -0.4 is 10.1 Å². The number of carbonyl (C=O) groups excluding carboxylic acids is 1. The maximum atomic E-state index is 11.7.